The van der Waals surface area contributed by atoms with Crippen LogP contribution in [0.4, 0.5) is 0 Å². The Kier molecular flexibility index (Phi) is 5.50. The van der Waals surface area contributed by atoms with E-state index in [0.29, 0.717) is 5.92 Å². The molecule has 0 aliphatic carbocycles. The third-order valence-corrected chi connectivity index (χ3v) is 3.04. The van der Waals surface area contributed by atoms with Gasteiger partial charge in [0.1, 0.15) is 0 Å². The molecule has 4 N–H and O–H groups in total. The molecule has 1 aromatic carbocycles. The van der Waals surface area contributed by atoms with Crippen LogP contribution in [-0.4, -0.2) is 12.1 Å². The number of nitrogens with two attached hydrogens (primary N) is 2. The lowest BCUT2D eigenvalue weighted by molar-refractivity contribution is 0.464. The zero-order chi connectivity index (χ0) is 12.0. The highest BCUT2D eigenvalue weighted by atomic mass is 14.6. The van der Waals surface area contributed by atoms with E-state index in [1.165, 1.54) is 5.56 Å². The maximum absolute atomic E-state index is 6.05. The molecule has 16 heavy (non-hydrogen) atoms. The lowest BCUT2D eigenvalue weighted by atomic mass is 9.87. The van der Waals surface area contributed by atoms with Crippen LogP contribution in [-0.2, 0) is 0 Å². The first-order valence-corrected chi connectivity index (χ1v) is 6.19. The third-order valence-electron chi connectivity index (χ3n) is 3.04. The summed E-state index contributed by atoms with van der Waals surface area (Å²) in [6.45, 7) is 4.20. The molecular formula is C14H24N2. The second kappa shape index (κ2) is 6.66. The SMILES string of the molecule is CCC(N)CC(CC(C)N)c1ccccc1. The molecule has 0 aliphatic heterocycles. The van der Waals surface area contributed by atoms with Gasteiger partial charge in [-0.05, 0) is 37.7 Å². The van der Waals surface area contributed by atoms with Crippen molar-refractivity contribution in [2.75, 3.05) is 0 Å². The maximum atomic E-state index is 6.05. The molecule has 0 saturated carbocycles. The first kappa shape index (κ1) is 13.2. The Morgan fingerprint density at radius 2 is 1.69 bits per heavy atom. The zero-order valence-corrected chi connectivity index (χ0v) is 10.4. The molecule has 2 heteroatoms. The minimum Gasteiger partial charge on any atom is -0.328 e. The molecule has 1 rings (SSSR count). The molecule has 0 aliphatic rings. The Bertz CT molecular complexity index is 282. The van der Waals surface area contributed by atoms with E-state index in [0.717, 1.165) is 19.3 Å². The van der Waals surface area contributed by atoms with E-state index in [2.05, 4.69) is 38.1 Å². The van der Waals surface area contributed by atoms with Crippen LogP contribution in [0.25, 0.3) is 0 Å². The summed E-state index contributed by atoms with van der Waals surface area (Å²) in [6, 6.07) is 11.1. The van der Waals surface area contributed by atoms with Crippen molar-refractivity contribution in [2.24, 2.45) is 11.5 Å². The summed E-state index contributed by atoms with van der Waals surface area (Å²) in [6.07, 6.45) is 3.07. The maximum Gasteiger partial charge on any atom is 0.00420 e. The number of hydrogen-bond donors (Lipinski definition) is 2. The highest BCUT2D eigenvalue weighted by molar-refractivity contribution is 5.20. The van der Waals surface area contributed by atoms with E-state index in [4.69, 9.17) is 11.5 Å². The first-order valence-electron chi connectivity index (χ1n) is 6.19. The van der Waals surface area contributed by atoms with Crippen LogP contribution in [0.3, 0.4) is 0 Å². The summed E-state index contributed by atoms with van der Waals surface area (Å²) in [5.41, 5.74) is 13.3. The molecule has 2 nitrogen and oxygen atoms in total. The van der Waals surface area contributed by atoms with Crippen LogP contribution >= 0.6 is 0 Å². The summed E-state index contributed by atoms with van der Waals surface area (Å²) in [7, 11) is 0. The highest BCUT2D eigenvalue weighted by Gasteiger charge is 2.16. The number of benzene rings is 1. The van der Waals surface area contributed by atoms with Gasteiger partial charge in [-0.15, -0.1) is 0 Å². The molecule has 90 valence electrons. The van der Waals surface area contributed by atoms with E-state index in [1.807, 2.05) is 6.07 Å². The summed E-state index contributed by atoms with van der Waals surface area (Å²) in [4.78, 5) is 0. The van der Waals surface area contributed by atoms with Gasteiger partial charge in [0.25, 0.3) is 0 Å². The second-order valence-electron chi connectivity index (χ2n) is 4.72. The Hall–Kier alpha value is -0.860. The molecular weight excluding hydrogens is 196 g/mol. The normalized spacial score (nSPS) is 16.8. The fourth-order valence-corrected chi connectivity index (χ4v) is 2.07. The topological polar surface area (TPSA) is 52.0 Å². The molecule has 0 saturated heterocycles. The van der Waals surface area contributed by atoms with Gasteiger partial charge in [-0.25, -0.2) is 0 Å². The fraction of sp³-hybridized carbons (Fsp3) is 0.571. The van der Waals surface area contributed by atoms with Gasteiger partial charge in [0, 0.05) is 12.1 Å². The van der Waals surface area contributed by atoms with E-state index < -0.39 is 0 Å². The predicted molar refractivity (Wildman–Crippen MR) is 70.3 cm³/mol. The lowest BCUT2D eigenvalue weighted by Gasteiger charge is -2.22. The molecule has 0 fully saturated rings. The third kappa shape index (κ3) is 4.33. The van der Waals surface area contributed by atoms with Crippen LogP contribution < -0.4 is 11.5 Å². The minimum atomic E-state index is 0.231. The van der Waals surface area contributed by atoms with Crippen LogP contribution in [0.5, 0.6) is 0 Å². The standard InChI is InChI=1S/C14H24N2/c1-3-14(16)10-13(9-11(2)15)12-7-5-4-6-8-12/h4-8,11,13-14H,3,9-10,15-16H2,1-2H3. The van der Waals surface area contributed by atoms with Crippen molar-refractivity contribution in [1.82, 2.24) is 0 Å². The van der Waals surface area contributed by atoms with Crippen molar-refractivity contribution >= 4 is 0 Å². The molecule has 3 unspecified atom stereocenters. The van der Waals surface area contributed by atoms with Crippen molar-refractivity contribution in [3.8, 4) is 0 Å². The Morgan fingerprint density at radius 1 is 1.06 bits per heavy atom. The molecule has 0 bridgehead atoms. The fourth-order valence-electron chi connectivity index (χ4n) is 2.07. The average molecular weight is 220 g/mol. The van der Waals surface area contributed by atoms with Gasteiger partial charge in [0.15, 0.2) is 0 Å². The molecule has 0 aromatic heterocycles. The van der Waals surface area contributed by atoms with Gasteiger partial charge in [-0.3, -0.25) is 0 Å². The van der Waals surface area contributed by atoms with Gasteiger partial charge in [0.05, 0.1) is 0 Å². The molecule has 0 radical (unpaired) electrons. The number of rotatable bonds is 6. The average Bonchev–Trinajstić information content (AvgIpc) is 2.28. The van der Waals surface area contributed by atoms with E-state index in [1.54, 1.807) is 0 Å². The molecule has 1 aromatic rings. The van der Waals surface area contributed by atoms with Crippen molar-refractivity contribution in [3.63, 3.8) is 0 Å². The van der Waals surface area contributed by atoms with Gasteiger partial charge < -0.3 is 11.5 Å². The van der Waals surface area contributed by atoms with Crippen molar-refractivity contribution in [1.29, 1.82) is 0 Å². The van der Waals surface area contributed by atoms with Crippen molar-refractivity contribution < 1.29 is 0 Å². The minimum absolute atomic E-state index is 0.231. The molecule has 0 spiro atoms. The Labute approximate surface area is 99.0 Å². The van der Waals surface area contributed by atoms with Crippen molar-refractivity contribution in [2.45, 2.75) is 51.1 Å². The lowest BCUT2D eigenvalue weighted by Crippen LogP contribution is -2.25. The second-order valence-corrected chi connectivity index (χ2v) is 4.72. The Balaban J connectivity index is 2.71. The van der Waals surface area contributed by atoms with Crippen LogP contribution in [0.1, 0.15) is 44.6 Å². The first-order chi connectivity index (χ1) is 7.63. The summed E-state index contributed by atoms with van der Waals surface area (Å²) < 4.78 is 0. The van der Waals surface area contributed by atoms with Gasteiger partial charge >= 0.3 is 0 Å². The van der Waals surface area contributed by atoms with Gasteiger partial charge in [-0.2, -0.15) is 0 Å². The highest BCUT2D eigenvalue weighted by Crippen LogP contribution is 2.26. The quantitative estimate of drug-likeness (QED) is 0.774. The Morgan fingerprint density at radius 3 is 2.19 bits per heavy atom. The zero-order valence-electron chi connectivity index (χ0n) is 10.4. The summed E-state index contributed by atoms with van der Waals surface area (Å²) in [5.74, 6) is 0.496. The summed E-state index contributed by atoms with van der Waals surface area (Å²) in [5, 5.41) is 0. The van der Waals surface area contributed by atoms with Gasteiger partial charge in [-0.1, -0.05) is 37.3 Å². The van der Waals surface area contributed by atoms with Crippen LogP contribution in [0.2, 0.25) is 0 Å². The monoisotopic (exact) mass is 220 g/mol. The van der Waals surface area contributed by atoms with Crippen LogP contribution in [0, 0.1) is 0 Å². The largest absolute Gasteiger partial charge is 0.328 e. The molecule has 0 amide bonds. The molecule has 0 heterocycles. The van der Waals surface area contributed by atoms with Crippen molar-refractivity contribution in [3.05, 3.63) is 35.9 Å². The van der Waals surface area contributed by atoms with E-state index in [-0.39, 0.29) is 12.1 Å². The van der Waals surface area contributed by atoms with Crippen LogP contribution in [0.15, 0.2) is 30.3 Å². The smallest absolute Gasteiger partial charge is 0.00420 e. The predicted octanol–water partition coefficient (Wildman–Crippen LogP) is 2.63. The van der Waals surface area contributed by atoms with E-state index >= 15 is 0 Å². The summed E-state index contributed by atoms with van der Waals surface area (Å²) >= 11 is 0. The molecule has 3 atom stereocenters. The number of hydrogen-bond acceptors (Lipinski definition) is 2. The van der Waals surface area contributed by atoms with E-state index in [9.17, 15) is 0 Å². The van der Waals surface area contributed by atoms with Gasteiger partial charge in [0.2, 0.25) is 0 Å².